The van der Waals surface area contributed by atoms with Gasteiger partial charge in [0.1, 0.15) is 0 Å². The second-order valence-electron chi connectivity index (χ2n) is 5.08. The van der Waals surface area contributed by atoms with E-state index in [1.807, 2.05) is 19.9 Å². The lowest BCUT2D eigenvalue weighted by Gasteiger charge is -2.21. The van der Waals surface area contributed by atoms with E-state index in [9.17, 15) is 0 Å². The number of nitrogens with two attached hydrogens (primary N) is 1. The molecule has 0 bridgehead atoms. The first-order valence-electron chi connectivity index (χ1n) is 5.81. The van der Waals surface area contributed by atoms with Crippen LogP contribution in [0, 0.1) is 0 Å². The Bertz CT molecular complexity index is 438. The summed E-state index contributed by atoms with van der Waals surface area (Å²) >= 11 is 6.34. The van der Waals surface area contributed by atoms with Gasteiger partial charge >= 0.3 is 0 Å². The molecule has 94 valence electrons. The lowest BCUT2D eigenvalue weighted by atomic mass is 9.91. The third-order valence-corrected chi connectivity index (χ3v) is 3.20. The zero-order valence-corrected chi connectivity index (χ0v) is 11.2. The molecule has 0 saturated carbocycles. The summed E-state index contributed by atoms with van der Waals surface area (Å²) in [5, 5.41) is 0.668. The van der Waals surface area contributed by atoms with Gasteiger partial charge in [0.25, 0.3) is 0 Å². The number of ether oxygens (including phenoxy) is 2. The van der Waals surface area contributed by atoms with Crippen LogP contribution in [0.1, 0.15) is 31.9 Å². The minimum absolute atomic E-state index is 0.244. The zero-order valence-electron chi connectivity index (χ0n) is 10.5. The molecule has 1 aliphatic rings. The summed E-state index contributed by atoms with van der Waals surface area (Å²) in [4.78, 5) is 0. The minimum atomic E-state index is -0.263. The number of fused-ring (bicyclic) bond motifs is 1. The van der Waals surface area contributed by atoms with Crippen molar-refractivity contribution in [1.29, 1.82) is 0 Å². The normalized spacial score (nSPS) is 14.2. The molecule has 3 nitrogen and oxygen atoms in total. The highest BCUT2D eigenvalue weighted by molar-refractivity contribution is 6.33. The topological polar surface area (TPSA) is 44.5 Å². The van der Waals surface area contributed by atoms with Crippen molar-refractivity contribution in [2.75, 3.05) is 6.79 Å². The second-order valence-corrected chi connectivity index (χ2v) is 5.46. The Kier molecular flexibility index (Phi) is 3.23. The van der Waals surface area contributed by atoms with Crippen molar-refractivity contribution in [2.45, 2.75) is 39.2 Å². The van der Waals surface area contributed by atoms with Crippen molar-refractivity contribution in [2.24, 2.45) is 5.73 Å². The van der Waals surface area contributed by atoms with Gasteiger partial charge in [0.2, 0.25) is 6.79 Å². The van der Waals surface area contributed by atoms with Gasteiger partial charge in [-0.25, -0.2) is 0 Å². The van der Waals surface area contributed by atoms with Crippen LogP contribution in [0.3, 0.4) is 0 Å². The van der Waals surface area contributed by atoms with Crippen molar-refractivity contribution >= 4 is 11.6 Å². The third kappa shape index (κ3) is 2.50. The molecular weight excluding hydrogens is 238 g/mol. The first kappa shape index (κ1) is 12.5. The van der Waals surface area contributed by atoms with E-state index in [-0.39, 0.29) is 12.3 Å². The van der Waals surface area contributed by atoms with Gasteiger partial charge in [-0.05, 0) is 43.9 Å². The van der Waals surface area contributed by atoms with E-state index in [1.165, 1.54) is 0 Å². The fourth-order valence-electron chi connectivity index (χ4n) is 2.12. The van der Waals surface area contributed by atoms with Crippen molar-refractivity contribution < 1.29 is 9.47 Å². The summed E-state index contributed by atoms with van der Waals surface area (Å²) in [7, 11) is 0. The molecule has 0 unspecified atom stereocenters. The summed E-state index contributed by atoms with van der Waals surface area (Å²) < 4.78 is 10.8. The van der Waals surface area contributed by atoms with Crippen molar-refractivity contribution in [3.05, 3.63) is 22.2 Å². The van der Waals surface area contributed by atoms with Crippen molar-refractivity contribution in [3.63, 3.8) is 0 Å². The fraction of sp³-hybridized carbons (Fsp3) is 0.538. The van der Waals surface area contributed by atoms with Crippen LogP contribution in [0.4, 0.5) is 0 Å². The molecule has 1 aliphatic heterocycles. The molecule has 1 aromatic carbocycles. The Hall–Kier alpha value is -0.930. The standard InChI is InChI=1S/C13H18ClNO2/c1-4-9-8(6-13(2,3)15)5-10-12(11(9)14)17-7-16-10/h5H,4,6-7,15H2,1-3H3. The Balaban J connectivity index is 2.48. The SMILES string of the molecule is CCc1c(CC(C)(C)N)cc2c(c1Cl)OCO2. The summed E-state index contributed by atoms with van der Waals surface area (Å²) in [6.45, 7) is 6.33. The van der Waals surface area contributed by atoms with Gasteiger partial charge in [0, 0.05) is 5.54 Å². The molecule has 2 N–H and O–H groups in total. The highest BCUT2D eigenvalue weighted by atomic mass is 35.5. The molecule has 1 heterocycles. The summed E-state index contributed by atoms with van der Waals surface area (Å²) in [5.74, 6) is 1.40. The van der Waals surface area contributed by atoms with Gasteiger partial charge in [-0.2, -0.15) is 0 Å². The number of halogens is 1. The Morgan fingerprint density at radius 3 is 2.71 bits per heavy atom. The molecule has 0 aliphatic carbocycles. The molecule has 0 radical (unpaired) electrons. The molecule has 0 saturated heterocycles. The third-order valence-electron chi connectivity index (χ3n) is 2.80. The Morgan fingerprint density at radius 1 is 1.41 bits per heavy atom. The molecule has 4 heteroatoms. The monoisotopic (exact) mass is 255 g/mol. The minimum Gasteiger partial charge on any atom is -0.454 e. The van der Waals surface area contributed by atoms with Crippen LogP contribution in [0.5, 0.6) is 11.5 Å². The van der Waals surface area contributed by atoms with Crippen LogP contribution in [0.2, 0.25) is 5.02 Å². The summed E-state index contributed by atoms with van der Waals surface area (Å²) in [6, 6.07) is 2.00. The van der Waals surface area contributed by atoms with Crippen molar-refractivity contribution in [1.82, 2.24) is 0 Å². The van der Waals surface area contributed by atoms with Gasteiger partial charge in [0.05, 0.1) is 5.02 Å². The Morgan fingerprint density at radius 2 is 2.12 bits per heavy atom. The van der Waals surface area contributed by atoms with E-state index in [2.05, 4.69) is 6.92 Å². The summed E-state index contributed by atoms with van der Waals surface area (Å²) in [5.41, 5.74) is 8.06. The van der Waals surface area contributed by atoms with Gasteiger partial charge in [0.15, 0.2) is 11.5 Å². The molecule has 17 heavy (non-hydrogen) atoms. The molecule has 0 atom stereocenters. The van der Waals surface area contributed by atoms with E-state index < -0.39 is 0 Å². The maximum atomic E-state index is 6.34. The lowest BCUT2D eigenvalue weighted by Crippen LogP contribution is -2.34. The van der Waals surface area contributed by atoms with E-state index in [0.717, 1.165) is 29.7 Å². The van der Waals surface area contributed by atoms with Crippen LogP contribution in [0.25, 0.3) is 0 Å². The molecule has 1 aromatic rings. The first-order valence-corrected chi connectivity index (χ1v) is 6.19. The van der Waals surface area contributed by atoms with Crippen LogP contribution < -0.4 is 15.2 Å². The fourth-order valence-corrected chi connectivity index (χ4v) is 2.52. The number of hydrogen-bond acceptors (Lipinski definition) is 3. The Labute approximate surface area is 107 Å². The summed E-state index contributed by atoms with van der Waals surface area (Å²) in [6.07, 6.45) is 1.63. The average Bonchev–Trinajstić information content (AvgIpc) is 2.64. The number of hydrogen-bond donors (Lipinski definition) is 1. The van der Waals surface area contributed by atoms with E-state index >= 15 is 0 Å². The van der Waals surface area contributed by atoms with Crippen LogP contribution in [-0.2, 0) is 12.8 Å². The lowest BCUT2D eigenvalue weighted by molar-refractivity contribution is 0.174. The van der Waals surface area contributed by atoms with Crippen LogP contribution >= 0.6 is 11.6 Å². The smallest absolute Gasteiger partial charge is 0.231 e. The van der Waals surface area contributed by atoms with E-state index in [1.54, 1.807) is 0 Å². The molecular formula is C13H18ClNO2. The number of benzene rings is 1. The molecule has 0 amide bonds. The van der Waals surface area contributed by atoms with E-state index in [0.29, 0.717) is 10.8 Å². The van der Waals surface area contributed by atoms with Gasteiger partial charge in [-0.1, -0.05) is 18.5 Å². The largest absolute Gasteiger partial charge is 0.454 e. The average molecular weight is 256 g/mol. The molecule has 0 fully saturated rings. The first-order chi connectivity index (χ1) is 7.92. The van der Waals surface area contributed by atoms with Gasteiger partial charge in [-0.15, -0.1) is 0 Å². The quantitative estimate of drug-likeness (QED) is 0.903. The highest BCUT2D eigenvalue weighted by Crippen LogP contribution is 2.43. The zero-order chi connectivity index (χ0) is 12.6. The maximum absolute atomic E-state index is 6.34. The van der Waals surface area contributed by atoms with Crippen LogP contribution in [-0.4, -0.2) is 12.3 Å². The van der Waals surface area contributed by atoms with Crippen LogP contribution in [0.15, 0.2) is 6.07 Å². The molecule has 0 spiro atoms. The predicted molar refractivity (Wildman–Crippen MR) is 68.9 cm³/mol. The second kappa shape index (κ2) is 4.39. The maximum Gasteiger partial charge on any atom is 0.231 e. The van der Waals surface area contributed by atoms with Gasteiger partial charge in [-0.3, -0.25) is 0 Å². The molecule has 2 rings (SSSR count). The van der Waals surface area contributed by atoms with E-state index in [4.69, 9.17) is 26.8 Å². The molecule has 0 aromatic heterocycles. The number of rotatable bonds is 3. The van der Waals surface area contributed by atoms with Gasteiger partial charge < -0.3 is 15.2 Å². The highest BCUT2D eigenvalue weighted by Gasteiger charge is 2.24. The predicted octanol–water partition coefficient (Wildman–Crippen LogP) is 2.91. The van der Waals surface area contributed by atoms with Crippen molar-refractivity contribution in [3.8, 4) is 11.5 Å².